The Morgan fingerprint density at radius 1 is 1.33 bits per heavy atom. The van der Waals surface area contributed by atoms with Crippen LogP contribution in [0.5, 0.6) is 0 Å². The van der Waals surface area contributed by atoms with Crippen molar-refractivity contribution in [3.05, 3.63) is 35.4 Å². The molecule has 3 nitrogen and oxygen atoms in total. The molecule has 116 valence electrons. The fourth-order valence-corrected chi connectivity index (χ4v) is 3.10. The minimum Gasteiger partial charge on any atom is -0.319 e. The summed E-state index contributed by atoms with van der Waals surface area (Å²) in [5, 5.41) is 3.25. The third-order valence-electron chi connectivity index (χ3n) is 4.36. The van der Waals surface area contributed by atoms with Gasteiger partial charge in [0, 0.05) is 12.1 Å². The van der Waals surface area contributed by atoms with Crippen LogP contribution < -0.4 is 5.32 Å². The number of ketones is 1. The topological polar surface area (TPSA) is 32.3 Å². The average molecular weight is 288 g/mol. The van der Waals surface area contributed by atoms with Crippen molar-refractivity contribution in [2.75, 3.05) is 33.2 Å². The fourth-order valence-electron chi connectivity index (χ4n) is 3.10. The number of hydrogen-bond acceptors (Lipinski definition) is 3. The largest absolute Gasteiger partial charge is 0.319 e. The van der Waals surface area contributed by atoms with Crippen LogP contribution in [-0.4, -0.2) is 43.9 Å². The van der Waals surface area contributed by atoms with Gasteiger partial charge in [-0.2, -0.15) is 0 Å². The maximum Gasteiger partial charge on any atom is 0.176 e. The lowest BCUT2D eigenvalue weighted by Gasteiger charge is -2.32. The summed E-state index contributed by atoms with van der Waals surface area (Å²) in [6.07, 6.45) is 2.47. The molecule has 0 spiro atoms. The van der Waals surface area contributed by atoms with E-state index in [1.165, 1.54) is 18.4 Å². The summed E-state index contributed by atoms with van der Waals surface area (Å²) >= 11 is 0. The van der Waals surface area contributed by atoms with Crippen LogP contribution in [0.4, 0.5) is 0 Å². The normalized spacial score (nSPS) is 19.9. The zero-order valence-corrected chi connectivity index (χ0v) is 13.6. The number of hydrogen-bond donors (Lipinski definition) is 1. The summed E-state index contributed by atoms with van der Waals surface area (Å²) in [5.74, 6) is 1.44. The number of Topliss-reactive ketones (excluding diaryl/α,β-unsaturated/α-hetero) is 1. The molecular weight excluding hydrogens is 260 g/mol. The van der Waals surface area contributed by atoms with Crippen LogP contribution in [-0.2, 0) is 0 Å². The third kappa shape index (κ3) is 4.65. The molecule has 1 atom stereocenters. The summed E-state index contributed by atoms with van der Waals surface area (Å²) in [6, 6.07) is 8.12. The van der Waals surface area contributed by atoms with Gasteiger partial charge in [-0.15, -0.1) is 0 Å². The van der Waals surface area contributed by atoms with Gasteiger partial charge < -0.3 is 5.32 Å². The molecule has 1 aliphatic heterocycles. The average Bonchev–Trinajstić information content (AvgIpc) is 2.48. The van der Waals surface area contributed by atoms with E-state index >= 15 is 0 Å². The van der Waals surface area contributed by atoms with E-state index in [1.807, 2.05) is 19.2 Å². The first-order chi connectivity index (χ1) is 10.1. The Kier molecular flexibility index (Phi) is 5.95. The molecule has 1 heterocycles. The highest BCUT2D eigenvalue weighted by Gasteiger charge is 2.21. The first-order valence-electron chi connectivity index (χ1n) is 8.10. The lowest BCUT2D eigenvalue weighted by molar-refractivity contribution is 0.0886. The van der Waals surface area contributed by atoms with Gasteiger partial charge in [0.1, 0.15) is 0 Å². The van der Waals surface area contributed by atoms with Gasteiger partial charge in [-0.25, -0.2) is 0 Å². The lowest BCUT2D eigenvalue weighted by Crippen LogP contribution is -2.41. The summed E-state index contributed by atoms with van der Waals surface area (Å²) < 4.78 is 0. The van der Waals surface area contributed by atoms with Crippen molar-refractivity contribution in [2.24, 2.45) is 5.92 Å². The Labute approximate surface area is 128 Å². The Morgan fingerprint density at radius 3 is 2.67 bits per heavy atom. The molecule has 21 heavy (non-hydrogen) atoms. The van der Waals surface area contributed by atoms with Gasteiger partial charge in [0.05, 0.1) is 6.54 Å². The van der Waals surface area contributed by atoms with Gasteiger partial charge in [-0.3, -0.25) is 9.69 Å². The van der Waals surface area contributed by atoms with Crippen LogP contribution in [0, 0.1) is 5.92 Å². The quantitative estimate of drug-likeness (QED) is 0.817. The van der Waals surface area contributed by atoms with E-state index in [2.05, 4.69) is 36.2 Å². The molecular formula is C18H28N2O. The third-order valence-corrected chi connectivity index (χ3v) is 4.36. The van der Waals surface area contributed by atoms with Crippen LogP contribution in [0.1, 0.15) is 48.5 Å². The predicted octanol–water partition coefficient (Wildman–Crippen LogP) is 2.92. The molecule has 1 aliphatic rings. The number of carbonyl (C=O) groups excluding carboxylic acids is 1. The maximum absolute atomic E-state index is 12.4. The van der Waals surface area contributed by atoms with Crippen LogP contribution in [0.15, 0.2) is 24.3 Å². The smallest absolute Gasteiger partial charge is 0.176 e. The first kappa shape index (κ1) is 16.2. The second-order valence-electron chi connectivity index (χ2n) is 6.50. The van der Waals surface area contributed by atoms with E-state index in [9.17, 15) is 4.79 Å². The van der Waals surface area contributed by atoms with Gasteiger partial charge in [0.25, 0.3) is 0 Å². The van der Waals surface area contributed by atoms with Crippen LogP contribution >= 0.6 is 0 Å². The highest BCUT2D eigenvalue weighted by molar-refractivity contribution is 5.97. The molecule has 0 bridgehead atoms. The Bertz CT molecular complexity index is 451. The lowest BCUT2D eigenvalue weighted by atomic mass is 9.97. The number of nitrogens with zero attached hydrogens (tertiary/aromatic N) is 1. The minimum absolute atomic E-state index is 0.246. The number of rotatable bonds is 6. The molecule has 2 rings (SSSR count). The molecule has 1 aromatic carbocycles. The number of piperidine rings is 1. The van der Waals surface area contributed by atoms with E-state index in [-0.39, 0.29) is 5.78 Å². The van der Waals surface area contributed by atoms with E-state index in [4.69, 9.17) is 0 Å². The Morgan fingerprint density at radius 2 is 2.05 bits per heavy atom. The molecule has 0 radical (unpaired) electrons. The summed E-state index contributed by atoms with van der Waals surface area (Å²) in [7, 11) is 2.00. The van der Waals surface area contributed by atoms with Crippen molar-refractivity contribution < 1.29 is 4.79 Å². The van der Waals surface area contributed by atoms with Crippen LogP contribution in [0.3, 0.4) is 0 Å². The van der Waals surface area contributed by atoms with Crippen molar-refractivity contribution in [3.8, 4) is 0 Å². The molecule has 1 saturated heterocycles. The molecule has 0 amide bonds. The summed E-state index contributed by atoms with van der Waals surface area (Å²) in [5.41, 5.74) is 2.13. The minimum atomic E-state index is 0.246. The summed E-state index contributed by atoms with van der Waals surface area (Å²) in [6.45, 7) is 8.04. The molecule has 1 unspecified atom stereocenters. The zero-order chi connectivity index (χ0) is 15.2. The van der Waals surface area contributed by atoms with Gasteiger partial charge in [0.15, 0.2) is 5.78 Å². The van der Waals surface area contributed by atoms with Crippen molar-refractivity contribution >= 4 is 5.78 Å². The fraction of sp³-hybridized carbons (Fsp3) is 0.611. The van der Waals surface area contributed by atoms with Gasteiger partial charge in [-0.1, -0.05) is 38.1 Å². The highest BCUT2D eigenvalue weighted by atomic mass is 16.1. The number of carbonyl (C=O) groups is 1. The predicted molar refractivity (Wildman–Crippen MR) is 88.0 cm³/mol. The maximum atomic E-state index is 12.4. The van der Waals surface area contributed by atoms with Crippen molar-refractivity contribution in [3.63, 3.8) is 0 Å². The van der Waals surface area contributed by atoms with E-state index in [1.54, 1.807) is 0 Å². The number of likely N-dealkylation sites (tertiary alicyclic amines) is 1. The molecule has 1 fully saturated rings. The van der Waals surface area contributed by atoms with Crippen LogP contribution in [0.2, 0.25) is 0 Å². The monoisotopic (exact) mass is 288 g/mol. The zero-order valence-electron chi connectivity index (χ0n) is 13.6. The van der Waals surface area contributed by atoms with E-state index in [0.29, 0.717) is 18.4 Å². The summed E-state index contributed by atoms with van der Waals surface area (Å²) in [4.78, 5) is 14.7. The molecule has 1 aromatic rings. The second-order valence-corrected chi connectivity index (χ2v) is 6.50. The molecule has 0 aromatic heterocycles. The van der Waals surface area contributed by atoms with E-state index in [0.717, 1.165) is 25.2 Å². The second kappa shape index (κ2) is 7.71. The molecule has 1 N–H and O–H groups in total. The first-order valence-corrected chi connectivity index (χ1v) is 8.10. The van der Waals surface area contributed by atoms with Gasteiger partial charge >= 0.3 is 0 Å². The molecule has 0 aliphatic carbocycles. The molecule has 0 saturated carbocycles. The van der Waals surface area contributed by atoms with Crippen molar-refractivity contribution in [1.82, 2.24) is 10.2 Å². The van der Waals surface area contributed by atoms with Gasteiger partial charge in [-0.05, 0) is 50.4 Å². The van der Waals surface area contributed by atoms with Crippen molar-refractivity contribution in [2.45, 2.75) is 32.6 Å². The Hall–Kier alpha value is -1.19. The van der Waals surface area contributed by atoms with Crippen molar-refractivity contribution in [1.29, 1.82) is 0 Å². The van der Waals surface area contributed by atoms with Crippen LogP contribution in [0.25, 0.3) is 0 Å². The van der Waals surface area contributed by atoms with E-state index < -0.39 is 0 Å². The highest BCUT2D eigenvalue weighted by Crippen LogP contribution is 2.18. The van der Waals surface area contributed by atoms with Gasteiger partial charge in [0.2, 0.25) is 0 Å². The molecule has 3 heteroatoms. The number of nitrogens with one attached hydrogen (secondary N) is 1. The standard InChI is InChI=1S/C18H28N2O/c1-14(2)16-6-8-17(9-7-16)18(21)13-20-10-4-5-15(12-20)11-19-3/h6-9,14-15,19H,4-5,10-13H2,1-3H3. The Balaban J connectivity index is 1.91. The number of benzene rings is 1. The SMILES string of the molecule is CNCC1CCCN(CC(=O)c2ccc(C(C)C)cc2)C1.